The Hall–Kier alpha value is -2.12. The Morgan fingerprint density at radius 1 is 1.12 bits per heavy atom. The number of Topliss-reactive ketones (excluding diaryl/α,β-unsaturated/α-hetero) is 1. The average molecular weight is 377 g/mol. The summed E-state index contributed by atoms with van der Waals surface area (Å²) >= 11 is 2.92. The van der Waals surface area contributed by atoms with Crippen LogP contribution in [-0.4, -0.2) is 30.5 Å². The van der Waals surface area contributed by atoms with Gasteiger partial charge in [-0.3, -0.25) is 14.4 Å². The van der Waals surface area contributed by atoms with Crippen LogP contribution in [0, 0.1) is 6.92 Å². The van der Waals surface area contributed by atoms with E-state index in [0.29, 0.717) is 10.6 Å². The predicted molar refractivity (Wildman–Crippen MR) is 100 cm³/mol. The lowest BCUT2D eigenvalue weighted by Crippen LogP contribution is -2.21. The number of rotatable bonds is 8. The zero-order valence-electron chi connectivity index (χ0n) is 14.0. The Morgan fingerprint density at radius 3 is 2.56 bits per heavy atom. The van der Waals surface area contributed by atoms with Crippen molar-refractivity contribution in [1.82, 2.24) is 0 Å². The number of carbonyl (C=O) groups excluding carboxylic acids is 3. The largest absolute Gasteiger partial charge is 0.456 e. The Labute approximate surface area is 154 Å². The number of aryl methyl sites for hydroxylation is 1. The number of carbonyl (C=O) groups is 3. The standard InChI is InChI=1S/C18H19NO4S2/c1-12-7-9-16(25-12)14(20)8-10-18(22)23-11-17(21)19-13-5-3-4-6-15(13)24-2/h3-7,9H,8,10-11H2,1-2H3,(H,19,21). The second-order valence-electron chi connectivity index (χ2n) is 5.24. The van der Waals surface area contributed by atoms with Crippen LogP contribution in [0.15, 0.2) is 41.3 Å². The molecule has 132 valence electrons. The molecule has 1 heterocycles. The molecule has 0 aliphatic rings. The van der Waals surface area contributed by atoms with Crippen molar-refractivity contribution in [3.05, 3.63) is 46.2 Å². The van der Waals surface area contributed by atoms with Crippen molar-refractivity contribution in [1.29, 1.82) is 0 Å². The van der Waals surface area contributed by atoms with Crippen LogP contribution in [0.4, 0.5) is 5.69 Å². The summed E-state index contributed by atoms with van der Waals surface area (Å²) in [6, 6.07) is 11.0. The van der Waals surface area contributed by atoms with Gasteiger partial charge in [0.25, 0.3) is 5.91 Å². The molecule has 1 aromatic carbocycles. The molecule has 25 heavy (non-hydrogen) atoms. The first kappa shape index (κ1) is 19.2. The molecule has 0 aliphatic carbocycles. The number of hydrogen-bond donors (Lipinski definition) is 1. The first-order valence-electron chi connectivity index (χ1n) is 7.67. The van der Waals surface area contributed by atoms with Crippen molar-refractivity contribution < 1.29 is 19.1 Å². The summed E-state index contributed by atoms with van der Waals surface area (Å²) in [6.07, 6.45) is 1.96. The van der Waals surface area contributed by atoms with Crippen LogP contribution in [0.3, 0.4) is 0 Å². The lowest BCUT2D eigenvalue weighted by Gasteiger charge is -2.09. The smallest absolute Gasteiger partial charge is 0.306 e. The highest BCUT2D eigenvalue weighted by molar-refractivity contribution is 7.98. The number of thioether (sulfide) groups is 1. The number of nitrogens with one attached hydrogen (secondary N) is 1. The first-order chi connectivity index (χ1) is 12.0. The van der Waals surface area contributed by atoms with Crippen molar-refractivity contribution in [2.24, 2.45) is 0 Å². The molecular weight excluding hydrogens is 358 g/mol. The first-order valence-corrected chi connectivity index (χ1v) is 9.72. The van der Waals surface area contributed by atoms with E-state index in [1.807, 2.05) is 37.4 Å². The third kappa shape index (κ3) is 6.03. The molecule has 0 atom stereocenters. The molecule has 0 saturated carbocycles. The molecule has 0 saturated heterocycles. The maximum Gasteiger partial charge on any atom is 0.306 e. The summed E-state index contributed by atoms with van der Waals surface area (Å²) < 4.78 is 4.93. The molecular formula is C18H19NO4S2. The summed E-state index contributed by atoms with van der Waals surface area (Å²) in [5.74, 6) is -1.06. The fourth-order valence-electron chi connectivity index (χ4n) is 2.08. The van der Waals surface area contributed by atoms with E-state index in [2.05, 4.69) is 5.32 Å². The minimum Gasteiger partial charge on any atom is -0.456 e. The number of benzene rings is 1. The highest BCUT2D eigenvalue weighted by atomic mass is 32.2. The van der Waals surface area contributed by atoms with Crippen molar-refractivity contribution >= 4 is 46.4 Å². The number of anilines is 1. The van der Waals surface area contributed by atoms with Crippen molar-refractivity contribution in [3.8, 4) is 0 Å². The van der Waals surface area contributed by atoms with Crippen molar-refractivity contribution in [2.45, 2.75) is 24.7 Å². The maximum absolute atomic E-state index is 11.9. The summed E-state index contributed by atoms with van der Waals surface area (Å²) in [6.45, 7) is 1.55. The fraction of sp³-hybridized carbons (Fsp3) is 0.278. The van der Waals surface area contributed by atoms with Gasteiger partial charge in [-0.15, -0.1) is 23.1 Å². The molecule has 1 N–H and O–H groups in total. The second-order valence-corrected chi connectivity index (χ2v) is 7.38. The highest BCUT2D eigenvalue weighted by Gasteiger charge is 2.13. The van der Waals surface area contributed by atoms with Gasteiger partial charge >= 0.3 is 5.97 Å². The normalized spacial score (nSPS) is 10.3. The molecule has 0 spiro atoms. The van der Waals surface area contributed by atoms with Gasteiger partial charge in [0.05, 0.1) is 17.0 Å². The van der Waals surface area contributed by atoms with Gasteiger partial charge in [0, 0.05) is 16.2 Å². The number of para-hydroxylation sites is 1. The zero-order chi connectivity index (χ0) is 18.2. The summed E-state index contributed by atoms with van der Waals surface area (Å²) in [7, 11) is 0. The molecule has 1 aromatic heterocycles. The SMILES string of the molecule is CSc1ccccc1NC(=O)COC(=O)CCC(=O)c1ccc(C)s1. The van der Waals surface area contributed by atoms with E-state index in [0.717, 1.165) is 9.77 Å². The van der Waals surface area contributed by atoms with Crippen LogP contribution >= 0.6 is 23.1 Å². The molecule has 0 radical (unpaired) electrons. The van der Waals surface area contributed by atoms with E-state index in [1.54, 1.807) is 12.1 Å². The van der Waals surface area contributed by atoms with Crippen LogP contribution in [0.2, 0.25) is 0 Å². The third-order valence-corrected chi connectivity index (χ3v) is 5.15. The lowest BCUT2D eigenvalue weighted by molar-refractivity contribution is -0.147. The van der Waals surface area contributed by atoms with Crippen LogP contribution in [0.5, 0.6) is 0 Å². The number of ether oxygens (including phenoxy) is 1. The number of esters is 1. The number of ketones is 1. The monoisotopic (exact) mass is 377 g/mol. The Balaban J connectivity index is 1.74. The lowest BCUT2D eigenvalue weighted by atomic mass is 10.2. The van der Waals surface area contributed by atoms with Crippen LogP contribution < -0.4 is 5.32 Å². The van der Waals surface area contributed by atoms with E-state index in [9.17, 15) is 14.4 Å². The van der Waals surface area contributed by atoms with Gasteiger partial charge < -0.3 is 10.1 Å². The van der Waals surface area contributed by atoms with Crippen LogP contribution in [-0.2, 0) is 14.3 Å². The molecule has 2 rings (SSSR count). The molecule has 0 unspecified atom stereocenters. The third-order valence-electron chi connectivity index (χ3n) is 3.32. The van der Waals surface area contributed by atoms with Crippen molar-refractivity contribution in [3.63, 3.8) is 0 Å². The quantitative estimate of drug-likeness (QED) is 0.429. The van der Waals surface area contributed by atoms with Gasteiger partial charge in [0.2, 0.25) is 0 Å². The number of hydrogen-bond acceptors (Lipinski definition) is 6. The number of amides is 1. The second kappa shape index (κ2) is 9.39. The summed E-state index contributed by atoms with van der Waals surface area (Å²) in [4.78, 5) is 38.1. The zero-order valence-corrected chi connectivity index (χ0v) is 15.7. The topological polar surface area (TPSA) is 72.5 Å². The summed E-state index contributed by atoms with van der Waals surface area (Å²) in [5, 5.41) is 2.71. The van der Waals surface area contributed by atoms with Gasteiger partial charge in [-0.2, -0.15) is 0 Å². The minimum atomic E-state index is -0.560. The molecule has 5 nitrogen and oxygen atoms in total. The molecule has 1 amide bonds. The molecule has 0 aliphatic heterocycles. The number of thiophene rings is 1. The van der Waals surface area contributed by atoms with Crippen molar-refractivity contribution in [2.75, 3.05) is 18.2 Å². The van der Waals surface area contributed by atoms with E-state index in [1.165, 1.54) is 23.1 Å². The van der Waals surface area contributed by atoms with Gasteiger partial charge in [0.15, 0.2) is 12.4 Å². The summed E-state index contributed by atoms with van der Waals surface area (Å²) in [5.41, 5.74) is 0.680. The highest BCUT2D eigenvalue weighted by Crippen LogP contribution is 2.24. The fourth-order valence-corrected chi connectivity index (χ4v) is 3.46. The minimum absolute atomic E-state index is 0.0372. The van der Waals surface area contributed by atoms with E-state index >= 15 is 0 Å². The Kier molecular flexibility index (Phi) is 7.21. The Bertz CT molecular complexity index is 770. The molecule has 0 bridgehead atoms. The Morgan fingerprint density at radius 2 is 1.88 bits per heavy atom. The molecule has 2 aromatic rings. The van der Waals surface area contributed by atoms with E-state index in [4.69, 9.17) is 4.74 Å². The van der Waals surface area contributed by atoms with Gasteiger partial charge in [0.1, 0.15) is 0 Å². The van der Waals surface area contributed by atoms with Crippen LogP contribution in [0.1, 0.15) is 27.4 Å². The van der Waals surface area contributed by atoms with Gasteiger partial charge in [-0.1, -0.05) is 12.1 Å². The van der Waals surface area contributed by atoms with Gasteiger partial charge in [-0.05, 0) is 37.4 Å². The van der Waals surface area contributed by atoms with E-state index < -0.39 is 11.9 Å². The average Bonchev–Trinajstić information content (AvgIpc) is 3.05. The van der Waals surface area contributed by atoms with Gasteiger partial charge in [-0.25, -0.2) is 0 Å². The molecule has 0 fully saturated rings. The van der Waals surface area contributed by atoms with E-state index in [-0.39, 0.29) is 25.2 Å². The maximum atomic E-state index is 11.9. The van der Waals surface area contributed by atoms with Crippen LogP contribution in [0.25, 0.3) is 0 Å². The predicted octanol–water partition coefficient (Wildman–Crippen LogP) is 3.92. The molecule has 7 heteroatoms.